The summed E-state index contributed by atoms with van der Waals surface area (Å²) in [6.45, 7) is -0.0556. The molecule has 5 N–H and O–H groups in total. The third kappa shape index (κ3) is 1.85. The van der Waals surface area contributed by atoms with Gasteiger partial charge in [0.15, 0.2) is 0 Å². The minimum atomic E-state index is -0.522. The molecule has 0 radical (unpaired) electrons. The molecule has 1 aromatic heterocycles. The van der Waals surface area contributed by atoms with E-state index in [0.29, 0.717) is 5.69 Å². The number of aromatic nitrogens is 1. The number of primary amides is 1. The average molecular weight is 196 g/mol. The zero-order chi connectivity index (χ0) is 10.7. The molecule has 76 valence electrons. The molecule has 0 unspecified atom stereocenters. The summed E-state index contributed by atoms with van der Waals surface area (Å²) in [6, 6.07) is 1.55. The summed E-state index contributed by atoms with van der Waals surface area (Å²) in [5, 5.41) is 2.43. The van der Waals surface area contributed by atoms with Crippen molar-refractivity contribution in [2.45, 2.75) is 6.54 Å². The summed E-state index contributed by atoms with van der Waals surface area (Å²) in [5.74, 6) is -0.862. The molecular weight excluding hydrogens is 184 g/mol. The van der Waals surface area contributed by atoms with Crippen LogP contribution in [0.2, 0.25) is 0 Å². The minimum absolute atomic E-state index is 0.0556. The highest BCUT2D eigenvalue weighted by atomic mass is 16.2. The van der Waals surface area contributed by atoms with Crippen molar-refractivity contribution >= 4 is 17.5 Å². The largest absolute Gasteiger partial charge is 0.397 e. The Balaban J connectivity index is 3.05. The molecule has 1 heterocycles. The van der Waals surface area contributed by atoms with Gasteiger partial charge in [0.05, 0.1) is 5.69 Å². The Morgan fingerprint density at radius 1 is 1.57 bits per heavy atom. The molecule has 0 atom stereocenters. The van der Waals surface area contributed by atoms with Crippen LogP contribution in [0.25, 0.3) is 0 Å². The smallest absolute Gasteiger partial charge is 0.269 e. The van der Waals surface area contributed by atoms with E-state index in [9.17, 15) is 9.59 Å². The predicted octanol–water partition coefficient (Wildman–Crippen LogP) is -1.08. The van der Waals surface area contributed by atoms with Crippen LogP contribution in [0.15, 0.2) is 12.3 Å². The van der Waals surface area contributed by atoms with Gasteiger partial charge in [0.2, 0.25) is 5.91 Å². The quantitative estimate of drug-likeness (QED) is 0.572. The molecule has 0 aliphatic carbocycles. The van der Waals surface area contributed by atoms with Crippen LogP contribution in [0.3, 0.4) is 0 Å². The van der Waals surface area contributed by atoms with Crippen molar-refractivity contribution < 1.29 is 9.59 Å². The Hall–Kier alpha value is -1.98. The maximum Gasteiger partial charge on any atom is 0.269 e. The van der Waals surface area contributed by atoms with E-state index < -0.39 is 5.91 Å². The molecule has 14 heavy (non-hydrogen) atoms. The number of amides is 2. The number of nitrogen functional groups attached to an aromatic ring is 1. The first-order valence-electron chi connectivity index (χ1n) is 4.01. The number of nitrogens with two attached hydrogens (primary N) is 2. The van der Waals surface area contributed by atoms with Gasteiger partial charge in [0.1, 0.15) is 12.2 Å². The van der Waals surface area contributed by atoms with Crippen molar-refractivity contribution in [2.24, 2.45) is 5.73 Å². The van der Waals surface area contributed by atoms with Crippen molar-refractivity contribution in [2.75, 3.05) is 12.8 Å². The third-order valence-electron chi connectivity index (χ3n) is 1.76. The van der Waals surface area contributed by atoms with Gasteiger partial charge in [-0.25, -0.2) is 0 Å². The van der Waals surface area contributed by atoms with Crippen molar-refractivity contribution in [1.29, 1.82) is 0 Å². The molecule has 0 aliphatic heterocycles. The van der Waals surface area contributed by atoms with Crippen LogP contribution in [0.5, 0.6) is 0 Å². The lowest BCUT2D eigenvalue weighted by molar-refractivity contribution is -0.118. The first kappa shape index (κ1) is 10.1. The summed E-state index contributed by atoms with van der Waals surface area (Å²) in [7, 11) is 1.49. The van der Waals surface area contributed by atoms with E-state index in [1.807, 2.05) is 0 Å². The second kappa shape index (κ2) is 3.82. The molecule has 0 aliphatic rings. The number of hydrogen-bond acceptors (Lipinski definition) is 3. The van der Waals surface area contributed by atoms with E-state index in [1.54, 1.807) is 12.3 Å². The molecule has 0 saturated carbocycles. The van der Waals surface area contributed by atoms with Gasteiger partial charge >= 0.3 is 0 Å². The van der Waals surface area contributed by atoms with Crippen LogP contribution < -0.4 is 16.8 Å². The number of nitrogens with zero attached hydrogens (tertiary/aromatic N) is 1. The third-order valence-corrected chi connectivity index (χ3v) is 1.76. The molecule has 0 fully saturated rings. The van der Waals surface area contributed by atoms with E-state index in [2.05, 4.69) is 5.32 Å². The number of carbonyl (C=O) groups is 2. The van der Waals surface area contributed by atoms with Crippen LogP contribution in [0, 0.1) is 0 Å². The van der Waals surface area contributed by atoms with E-state index in [4.69, 9.17) is 11.5 Å². The van der Waals surface area contributed by atoms with Crippen LogP contribution in [-0.4, -0.2) is 23.4 Å². The highest BCUT2D eigenvalue weighted by Crippen LogP contribution is 2.12. The van der Waals surface area contributed by atoms with Crippen molar-refractivity contribution in [1.82, 2.24) is 9.88 Å². The van der Waals surface area contributed by atoms with Gasteiger partial charge in [-0.3, -0.25) is 9.59 Å². The lowest BCUT2D eigenvalue weighted by atomic mass is 10.3. The van der Waals surface area contributed by atoms with Gasteiger partial charge in [-0.2, -0.15) is 0 Å². The van der Waals surface area contributed by atoms with E-state index in [-0.39, 0.29) is 18.1 Å². The SMILES string of the molecule is CNC(=O)c1c(N)ccn1CC(N)=O. The lowest BCUT2D eigenvalue weighted by Crippen LogP contribution is -2.26. The van der Waals surface area contributed by atoms with Gasteiger partial charge in [0.25, 0.3) is 5.91 Å². The Morgan fingerprint density at radius 2 is 2.21 bits per heavy atom. The molecule has 6 nitrogen and oxygen atoms in total. The maximum atomic E-state index is 11.3. The first-order chi connectivity index (χ1) is 6.56. The van der Waals surface area contributed by atoms with Crippen LogP contribution in [0.4, 0.5) is 5.69 Å². The maximum absolute atomic E-state index is 11.3. The Bertz CT molecular complexity index is 369. The molecule has 2 amide bonds. The summed E-state index contributed by atoms with van der Waals surface area (Å²) < 4.78 is 1.41. The van der Waals surface area contributed by atoms with E-state index in [0.717, 1.165) is 0 Å². The van der Waals surface area contributed by atoms with Gasteiger partial charge in [-0.05, 0) is 6.07 Å². The number of hydrogen-bond donors (Lipinski definition) is 3. The average Bonchev–Trinajstić information content (AvgIpc) is 2.45. The summed E-state index contributed by atoms with van der Waals surface area (Å²) in [4.78, 5) is 22.0. The summed E-state index contributed by atoms with van der Waals surface area (Å²) in [5.41, 5.74) is 11.2. The fourth-order valence-electron chi connectivity index (χ4n) is 1.17. The second-order valence-corrected chi connectivity index (χ2v) is 2.79. The van der Waals surface area contributed by atoms with Gasteiger partial charge < -0.3 is 21.4 Å². The monoisotopic (exact) mass is 196 g/mol. The zero-order valence-electron chi connectivity index (χ0n) is 7.78. The van der Waals surface area contributed by atoms with Gasteiger partial charge in [-0.15, -0.1) is 0 Å². The predicted molar refractivity (Wildman–Crippen MR) is 51.4 cm³/mol. The molecule has 0 aromatic carbocycles. The fraction of sp³-hybridized carbons (Fsp3) is 0.250. The molecule has 1 rings (SSSR count). The molecular formula is C8H12N4O2. The van der Waals surface area contributed by atoms with Crippen molar-refractivity contribution in [3.63, 3.8) is 0 Å². The van der Waals surface area contributed by atoms with Crippen LogP contribution in [-0.2, 0) is 11.3 Å². The highest BCUT2D eigenvalue weighted by molar-refractivity contribution is 5.98. The number of carbonyl (C=O) groups excluding carboxylic acids is 2. The Labute approximate surface area is 80.9 Å². The first-order valence-corrected chi connectivity index (χ1v) is 4.01. The van der Waals surface area contributed by atoms with E-state index in [1.165, 1.54) is 11.6 Å². The van der Waals surface area contributed by atoms with E-state index >= 15 is 0 Å². The summed E-state index contributed by atoms with van der Waals surface area (Å²) in [6.07, 6.45) is 1.55. The zero-order valence-corrected chi connectivity index (χ0v) is 7.78. The number of rotatable bonds is 3. The standard InChI is InChI=1S/C8H12N4O2/c1-11-8(14)7-5(9)2-3-12(7)4-6(10)13/h2-3H,4,9H2,1H3,(H2,10,13)(H,11,14). The van der Waals surface area contributed by atoms with Crippen molar-refractivity contribution in [3.8, 4) is 0 Å². The van der Waals surface area contributed by atoms with Gasteiger partial charge in [0, 0.05) is 13.2 Å². The number of nitrogens with one attached hydrogen (secondary N) is 1. The van der Waals surface area contributed by atoms with Crippen molar-refractivity contribution in [3.05, 3.63) is 18.0 Å². The highest BCUT2D eigenvalue weighted by Gasteiger charge is 2.14. The fourth-order valence-corrected chi connectivity index (χ4v) is 1.17. The normalized spacial score (nSPS) is 9.79. The lowest BCUT2D eigenvalue weighted by Gasteiger charge is -2.06. The molecule has 1 aromatic rings. The Kier molecular flexibility index (Phi) is 2.76. The topological polar surface area (TPSA) is 103 Å². The molecule has 0 saturated heterocycles. The van der Waals surface area contributed by atoms with Crippen LogP contribution >= 0.6 is 0 Å². The minimum Gasteiger partial charge on any atom is -0.397 e. The Morgan fingerprint density at radius 3 is 2.71 bits per heavy atom. The second-order valence-electron chi connectivity index (χ2n) is 2.79. The molecule has 0 bridgehead atoms. The molecule has 6 heteroatoms. The van der Waals surface area contributed by atoms with Crippen LogP contribution in [0.1, 0.15) is 10.5 Å². The van der Waals surface area contributed by atoms with Gasteiger partial charge in [-0.1, -0.05) is 0 Å². The summed E-state index contributed by atoms with van der Waals surface area (Å²) >= 11 is 0. The molecule has 0 spiro atoms. The number of anilines is 1.